The zero-order valence-electron chi connectivity index (χ0n) is 18.8. The third kappa shape index (κ3) is 4.94. The molecule has 9 nitrogen and oxygen atoms in total. The monoisotopic (exact) mass is 462 g/mol. The number of rotatable bonds is 10. The number of anilines is 1. The molecule has 3 heterocycles. The predicted octanol–water partition coefficient (Wildman–Crippen LogP) is 2.73. The molecule has 0 aliphatic heterocycles. The first-order valence-corrected chi connectivity index (χ1v) is 10.9. The number of furan rings is 2. The second-order valence-electron chi connectivity index (χ2n) is 7.89. The maximum Gasteiger partial charge on any atom is 0.332 e. The molecule has 0 radical (unpaired) electrons. The molecule has 0 saturated carbocycles. The number of nitrogens with zero attached hydrogens (tertiary/aromatic N) is 3. The average Bonchev–Trinajstić information content (AvgIpc) is 3.52. The Kier molecular flexibility index (Phi) is 6.93. The van der Waals surface area contributed by atoms with Gasteiger partial charge in [-0.25, -0.2) is 4.79 Å². The van der Waals surface area contributed by atoms with Crippen molar-refractivity contribution >= 4 is 11.6 Å². The Morgan fingerprint density at radius 2 is 1.53 bits per heavy atom. The quantitative estimate of drug-likeness (QED) is 0.360. The number of Topliss-reactive ketones (excluding diaryl/α,β-unsaturated/α-hetero) is 1. The smallest absolute Gasteiger partial charge is 0.332 e. The molecule has 0 fully saturated rings. The molecule has 0 spiro atoms. The second kappa shape index (κ2) is 10.2. The van der Waals surface area contributed by atoms with Crippen molar-refractivity contribution in [1.29, 1.82) is 0 Å². The van der Waals surface area contributed by atoms with Gasteiger partial charge in [0.25, 0.3) is 5.56 Å². The summed E-state index contributed by atoms with van der Waals surface area (Å²) < 4.78 is 13.2. The molecular weight excluding hydrogens is 436 g/mol. The van der Waals surface area contributed by atoms with Gasteiger partial charge in [-0.3, -0.25) is 23.6 Å². The Labute approximate surface area is 195 Å². The summed E-state index contributed by atoms with van der Waals surface area (Å²) in [5.74, 6) is 0.703. The molecule has 1 aromatic carbocycles. The van der Waals surface area contributed by atoms with Crippen LogP contribution in [0.15, 0.2) is 85.5 Å². The van der Waals surface area contributed by atoms with E-state index in [9.17, 15) is 14.4 Å². The minimum absolute atomic E-state index is 0.117. The van der Waals surface area contributed by atoms with Gasteiger partial charge in [0.15, 0.2) is 5.78 Å². The van der Waals surface area contributed by atoms with Crippen LogP contribution < -0.4 is 17.0 Å². The molecule has 4 aromatic rings. The number of hydrogen-bond acceptors (Lipinski definition) is 7. The third-order valence-corrected chi connectivity index (χ3v) is 5.53. The Balaban J connectivity index is 1.69. The van der Waals surface area contributed by atoms with Crippen LogP contribution in [0, 0.1) is 0 Å². The van der Waals surface area contributed by atoms with E-state index in [-0.39, 0.29) is 31.0 Å². The van der Waals surface area contributed by atoms with Crippen molar-refractivity contribution in [2.45, 2.75) is 33.1 Å². The molecule has 9 heteroatoms. The van der Waals surface area contributed by atoms with Crippen molar-refractivity contribution in [3.8, 4) is 0 Å². The third-order valence-electron chi connectivity index (χ3n) is 5.53. The normalized spacial score (nSPS) is 11.2. The number of aromatic nitrogens is 2. The standard InChI is InChI=1S/C25H26N4O5/c1-2-28-24(31)22(23(26)29(25(28)32)14-18-8-4-3-5-9-18)21(30)17-27(15-19-10-6-12-33-19)16-20-11-7-13-34-20/h3-13H,2,14-17,26H2,1H3. The van der Waals surface area contributed by atoms with E-state index in [2.05, 4.69) is 0 Å². The van der Waals surface area contributed by atoms with Gasteiger partial charge in [-0.1, -0.05) is 30.3 Å². The number of ketones is 1. The van der Waals surface area contributed by atoms with Crippen LogP contribution in [0.5, 0.6) is 0 Å². The minimum atomic E-state index is -0.685. The largest absolute Gasteiger partial charge is 0.468 e. The highest BCUT2D eigenvalue weighted by Gasteiger charge is 2.25. The van der Waals surface area contributed by atoms with Gasteiger partial charge < -0.3 is 14.6 Å². The lowest BCUT2D eigenvalue weighted by molar-refractivity contribution is 0.0906. The number of carbonyl (C=O) groups is 1. The number of carbonyl (C=O) groups excluding carboxylic acids is 1. The van der Waals surface area contributed by atoms with Gasteiger partial charge in [0.05, 0.1) is 38.7 Å². The van der Waals surface area contributed by atoms with Crippen LogP contribution in [0.4, 0.5) is 5.82 Å². The van der Waals surface area contributed by atoms with Gasteiger partial charge >= 0.3 is 5.69 Å². The summed E-state index contributed by atoms with van der Waals surface area (Å²) in [5, 5.41) is 0. The summed E-state index contributed by atoms with van der Waals surface area (Å²) in [6.45, 7) is 2.48. The Bertz CT molecular complexity index is 1320. The molecule has 0 aliphatic carbocycles. The lowest BCUT2D eigenvalue weighted by Crippen LogP contribution is -2.45. The fourth-order valence-electron chi connectivity index (χ4n) is 3.87. The van der Waals surface area contributed by atoms with Crippen molar-refractivity contribution in [3.05, 3.63) is 111 Å². The van der Waals surface area contributed by atoms with Gasteiger partial charge in [0.2, 0.25) is 0 Å². The van der Waals surface area contributed by atoms with Crippen LogP contribution in [0.25, 0.3) is 0 Å². The van der Waals surface area contributed by atoms with Crippen LogP contribution >= 0.6 is 0 Å². The molecule has 0 bridgehead atoms. The van der Waals surface area contributed by atoms with E-state index >= 15 is 0 Å². The van der Waals surface area contributed by atoms with Gasteiger partial charge in [0, 0.05) is 6.54 Å². The first-order chi connectivity index (χ1) is 16.5. The van der Waals surface area contributed by atoms with Crippen LogP contribution in [-0.2, 0) is 26.2 Å². The summed E-state index contributed by atoms with van der Waals surface area (Å²) in [5.41, 5.74) is 5.68. The van der Waals surface area contributed by atoms with Gasteiger partial charge in [-0.2, -0.15) is 0 Å². The van der Waals surface area contributed by atoms with Gasteiger partial charge in [0.1, 0.15) is 22.9 Å². The Morgan fingerprint density at radius 3 is 2.06 bits per heavy atom. The SMILES string of the molecule is CCn1c(=O)c(C(=O)CN(Cc2ccco2)Cc2ccco2)c(N)n(Cc2ccccc2)c1=O. The molecular formula is C25H26N4O5. The zero-order valence-corrected chi connectivity index (χ0v) is 18.8. The molecule has 2 N–H and O–H groups in total. The van der Waals surface area contributed by atoms with E-state index in [0.717, 1.165) is 10.1 Å². The maximum absolute atomic E-state index is 13.4. The first-order valence-electron chi connectivity index (χ1n) is 10.9. The average molecular weight is 463 g/mol. The highest BCUT2D eigenvalue weighted by atomic mass is 16.3. The van der Waals surface area contributed by atoms with Crippen molar-refractivity contribution < 1.29 is 13.6 Å². The summed E-state index contributed by atoms with van der Waals surface area (Å²) >= 11 is 0. The van der Waals surface area contributed by atoms with E-state index in [4.69, 9.17) is 14.6 Å². The van der Waals surface area contributed by atoms with E-state index in [1.54, 1.807) is 48.6 Å². The molecule has 0 aliphatic rings. The van der Waals surface area contributed by atoms with Crippen molar-refractivity contribution in [2.75, 3.05) is 12.3 Å². The number of benzene rings is 1. The van der Waals surface area contributed by atoms with E-state index in [1.807, 2.05) is 30.3 Å². The Morgan fingerprint density at radius 1 is 0.912 bits per heavy atom. The molecule has 0 unspecified atom stereocenters. The van der Waals surface area contributed by atoms with Crippen molar-refractivity contribution in [2.24, 2.45) is 0 Å². The number of nitrogen functional groups attached to an aromatic ring is 1. The van der Waals surface area contributed by atoms with E-state index < -0.39 is 17.0 Å². The lowest BCUT2D eigenvalue weighted by Gasteiger charge is -2.21. The van der Waals surface area contributed by atoms with Crippen LogP contribution in [0.1, 0.15) is 34.4 Å². The first kappa shape index (κ1) is 23.1. The molecule has 0 atom stereocenters. The van der Waals surface area contributed by atoms with Crippen molar-refractivity contribution in [3.63, 3.8) is 0 Å². The zero-order chi connectivity index (χ0) is 24.1. The lowest BCUT2D eigenvalue weighted by atomic mass is 10.1. The van der Waals surface area contributed by atoms with Crippen LogP contribution in [0.2, 0.25) is 0 Å². The molecule has 0 amide bonds. The van der Waals surface area contributed by atoms with Gasteiger partial charge in [-0.05, 0) is 36.8 Å². The summed E-state index contributed by atoms with van der Waals surface area (Å²) in [6.07, 6.45) is 3.11. The fourth-order valence-corrected chi connectivity index (χ4v) is 3.87. The fraction of sp³-hybridized carbons (Fsp3) is 0.240. The summed E-state index contributed by atoms with van der Waals surface area (Å²) in [6, 6.07) is 16.4. The molecule has 0 saturated heterocycles. The molecule has 176 valence electrons. The number of hydrogen-bond donors (Lipinski definition) is 1. The highest BCUT2D eigenvalue weighted by Crippen LogP contribution is 2.14. The van der Waals surface area contributed by atoms with E-state index in [0.29, 0.717) is 24.6 Å². The summed E-state index contributed by atoms with van der Waals surface area (Å²) in [7, 11) is 0. The number of nitrogens with two attached hydrogens (primary N) is 1. The van der Waals surface area contributed by atoms with Crippen LogP contribution in [0.3, 0.4) is 0 Å². The minimum Gasteiger partial charge on any atom is -0.468 e. The second-order valence-corrected chi connectivity index (χ2v) is 7.89. The van der Waals surface area contributed by atoms with E-state index in [1.165, 1.54) is 4.57 Å². The predicted molar refractivity (Wildman–Crippen MR) is 126 cm³/mol. The van der Waals surface area contributed by atoms with Crippen LogP contribution in [-0.4, -0.2) is 26.4 Å². The Hall–Kier alpha value is -4.11. The molecule has 34 heavy (non-hydrogen) atoms. The molecule has 3 aromatic heterocycles. The topological polar surface area (TPSA) is 117 Å². The van der Waals surface area contributed by atoms with Gasteiger partial charge in [-0.15, -0.1) is 0 Å². The highest BCUT2D eigenvalue weighted by molar-refractivity contribution is 6.01. The van der Waals surface area contributed by atoms with Crippen molar-refractivity contribution in [1.82, 2.24) is 14.0 Å². The summed E-state index contributed by atoms with van der Waals surface area (Å²) in [4.78, 5) is 41.3. The maximum atomic E-state index is 13.4. The molecule has 4 rings (SSSR count).